The van der Waals surface area contributed by atoms with Gasteiger partial charge < -0.3 is 23.5 Å². The van der Waals surface area contributed by atoms with Crippen LogP contribution in [0.3, 0.4) is 0 Å². The Morgan fingerprint density at radius 2 is 1.08 bits per heavy atom. The predicted molar refractivity (Wildman–Crippen MR) is 275 cm³/mol. The van der Waals surface area contributed by atoms with Crippen LogP contribution >= 0.6 is 0 Å². The van der Waals surface area contributed by atoms with Gasteiger partial charge in [0.25, 0.3) is 6.71 Å². The van der Waals surface area contributed by atoms with Crippen molar-refractivity contribution in [3.05, 3.63) is 180 Å². The van der Waals surface area contributed by atoms with Gasteiger partial charge >= 0.3 is 0 Å². The van der Waals surface area contributed by atoms with Gasteiger partial charge in [0.15, 0.2) is 0 Å². The van der Waals surface area contributed by atoms with Crippen molar-refractivity contribution in [1.29, 1.82) is 0 Å². The highest BCUT2D eigenvalue weighted by molar-refractivity contribution is 7.00. The number of anilines is 9. The summed E-state index contributed by atoms with van der Waals surface area (Å²) in [4.78, 5) is 7.40. The Balaban J connectivity index is 1.19. The summed E-state index contributed by atoms with van der Waals surface area (Å²) in [6.45, 7) is 17.7. The summed E-state index contributed by atoms with van der Waals surface area (Å²) in [5.74, 6) is 1.96. The SMILES string of the molecule is CCCCc1ccc(N2c3cc(N(c4ccccc4)c4ccccc4)ccc3B3c4cc5oc(C(C)(C)C)cc5cc4N(c4ccc5oc(C(C)(C)C)cc5c4)c4cc(C)cc2c43)cc1. The van der Waals surface area contributed by atoms with Crippen LogP contribution in [0.1, 0.15) is 84.0 Å². The lowest BCUT2D eigenvalue weighted by Gasteiger charge is -2.44. The third-order valence-corrected chi connectivity index (χ3v) is 13.4. The number of hydrogen-bond donors (Lipinski definition) is 0. The van der Waals surface area contributed by atoms with Gasteiger partial charge in [-0.1, -0.05) is 109 Å². The number of aryl methyl sites for hydroxylation is 2. The summed E-state index contributed by atoms with van der Waals surface area (Å²) < 4.78 is 13.3. The predicted octanol–water partition coefficient (Wildman–Crippen LogP) is 15.0. The fourth-order valence-electron chi connectivity index (χ4n) is 10.0. The monoisotopic (exact) mass is 849 g/mol. The van der Waals surface area contributed by atoms with E-state index in [9.17, 15) is 0 Å². The Hall–Kier alpha value is -6.92. The molecule has 9 aromatic rings. The van der Waals surface area contributed by atoms with Crippen molar-refractivity contribution < 1.29 is 8.83 Å². The molecule has 0 aliphatic carbocycles. The third kappa shape index (κ3) is 7.02. The molecule has 0 N–H and O–H groups in total. The zero-order valence-electron chi connectivity index (χ0n) is 38.9. The standard InChI is InChI=1S/C59H56BN3O2/c1-9-10-17-39-22-24-44(25-23-39)62-50-36-46(61(42-18-13-11-14-19-42)43-20-15-12-16-21-43)26-28-47(50)60-48-37-54-41(35-56(65-54)59(6,7)8)33-49(48)63(52-31-38(2)30-51(62)57(52)60)45-27-29-53-40(32-45)34-55(64-53)58(3,4)5/h11-16,18-37H,9-10,17H2,1-8H3. The molecule has 0 fully saturated rings. The van der Waals surface area contributed by atoms with Crippen LogP contribution in [0.15, 0.2) is 167 Å². The first-order chi connectivity index (χ1) is 31.3. The summed E-state index contributed by atoms with van der Waals surface area (Å²) in [5, 5.41) is 2.20. The van der Waals surface area contributed by atoms with Gasteiger partial charge in [0.05, 0.1) is 0 Å². The second kappa shape index (κ2) is 15.4. The number of hydrogen-bond acceptors (Lipinski definition) is 5. The van der Waals surface area contributed by atoms with E-state index in [4.69, 9.17) is 8.83 Å². The fraction of sp³-hybridized carbons (Fsp3) is 0.220. The minimum Gasteiger partial charge on any atom is -0.461 e. The highest BCUT2D eigenvalue weighted by Crippen LogP contribution is 2.48. The average Bonchev–Trinajstić information content (AvgIpc) is 3.94. The van der Waals surface area contributed by atoms with E-state index < -0.39 is 0 Å². The number of unbranched alkanes of at least 4 members (excludes halogenated alkanes) is 1. The Morgan fingerprint density at radius 1 is 0.508 bits per heavy atom. The molecule has 11 rings (SSSR count). The van der Waals surface area contributed by atoms with Gasteiger partial charge in [0.2, 0.25) is 0 Å². The molecule has 0 radical (unpaired) electrons. The molecule has 0 spiro atoms. The van der Waals surface area contributed by atoms with E-state index in [0.29, 0.717) is 0 Å². The number of furan rings is 2. The summed E-state index contributed by atoms with van der Waals surface area (Å²) in [6.07, 6.45) is 3.42. The Labute approximate surface area is 384 Å². The average molecular weight is 850 g/mol. The lowest BCUT2D eigenvalue weighted by atomic mass is 9.33. The van der Waals surface area contributed by atoms with Gasteiger partial charge in [-0.05, 0) is 150 Å². The van der Waals surface area contributed by atoms with Crippen molar-refractivity contribution in [2.45, 2.75) is 85.5 Å². The van der Waals surface area contributed by atoms with Crippen molar-refractivity contribution in [3.8, 4) is 0 Å². The summed E-state index contributed by atoms with van der Waals surface area (Å²) >= 11 is 0. The molecule has 0 saturated carbocycles. The highest BCUT2D eigenvalue weighted by Gasteiger charge is 2.44. The van der Waals surface area contributed by atoms with E-state index in [1.54, 1.807) is 0 Å². The molecule has 7 aromatic carbocycles. The van der Waals surface area contributed by atoms with Gasteiger partial charge in [-0.25, -0.2) is 0 Å². The minimum atomic E-state index is -0.145. The molecule has 5 nitrogen and oxygen atoms in total. The first-order valence-corrected chi connectivity index (χ1v) is 23.3. The normalized spacial score (nSPS) is 13.3. The molecule has 0 saturated heterocycles. The summed E-state index contributed by atoms with van der Waals surface area (Å²) in [5.41, 5.74) is 18.1. The second-order valence-electron chi connectivity index (χ2n) is 20.2. The first kappa shape index (κ1) is 40.8. The van der Waals surface area contributed by atoms with Crippen molar-refractivity contribution in [1.82, 2.24) is 0 Å². The second-order valence-corrected chi connectivity index (χ2v) is 20.2. The molecule has 322 valence electrons. The molecule has 2 aromatic heterocycles. The van der Waals surface area contributed by atoms with Gasteiger partial charge in [-0.3, -0.25) is 0 Å². The molecule has 0 bridgehead atoms. The molecule has 0 unspecified atom stereocenters. The maximum absolute atomic E-state index is 6.80. The number of rotatable bonds is 8. The van der Waals surface area contributed by atoms with Crippen LogP contribution in [-0.2, 0) is 17.3 Å². The smallest absolute Gasteiger partial charge is 0.252 e. The van der Waals surface area contributed by atoms with Gasteiger partial charge in [0, 0.05) is 72.8 Å². The van der Waals surface area contributed by atoms with Crippen molar-refractivity contribution in [2.75, 3.05) is 14.7 Å². The minimum absolute atomic E-state index is 0.0735. The van der Waals surface area contributed by atoms with Crippen LogP contribution in [0.2, 0.25) is 0 Å². The van der Waals surface area contributed by atoms with Crippen LogP contribution < -0.4 is 31.1 Å². The number of nitrogens with zero attached hydrogens (tertiary/aromatic N) is 3. The van der Waals surface area contributed by atoms with E-state index in [0.717, 1.165) is 74.0 Å². The van der Waals surface area contributed by atoms with Crippen LogP contribution in [0.25, 0.3) is 21.9 Å². The fourth-order valence-corrected chi connectivity index (χ4v) is 10.0. The largest absolute Gasteiger partial charge is 0.461 e. The Kier molecular flexibility index (Phi) is 9.66. The molecule has 2 aliphatic heterocycles. The highest BCUT2D eigenvalue weighted by atomic mass is 16.3. The lowest BCUT2D eigenvalue weighted by molar-refractivity contribution is 0.430. The number of benzene rings is 7. The van der Waals surface area contributed by atoms with Crippen molar-refractivity contribution in [3.63, 3.8) is 0 Å². The van der Waals surface area contributed by atoms with Crippen LogP contribution in [0.5, 0.6) is 0 Å². The molecule has 0 atom stereocenters. The molecular formula is C59H56BN3O2. The van der Waals surface area contributed by atoms with Crippen LogP contribution in [-0.4, -0.2) is 6.71 Å². The van der Waals surface area contributed by atoms with E-state index in [2.05, 4.69) is 228 Å². The molecule has 2 aliphatic rings. The quantitative estimate of drug-likeness (QED) is 0.142. The zero-order chi connectivity index (χ0) is 44.8. The first-order valence-electron chi connectivity index (χ1n) is 23.3. The van der Waals surface area contributed by atoms with Gasteiger partial charge in [-0.2, -0.15) is 0 Å². The molecule has 0 amide bonds. The van der Waals surface area contributed by atoms with Crippen LogP contribution in [0, 0.1) is 6.92 Å². The lowest BCUT2D eigenvalue weighted by Crippen LogP contribution is -2.61. The third-order valence-electron chi connectivity index (χ3n) is 13.4. The Morgan fingerprint density at radius 3 is 1.69 bits per heavy atom. The topological polar surface area (TPSA) is 36.0 Å². The summed E-state index contributed by atoms with van der Waals surface area (Å²) in [6, 6.07) is 58.6. The van der Waals surface area contributed by atoms with E-state index >= 15 is 0 Å². The summed E-state index contributed by atoms with van der Waals surface area (Å²) in [7, 11) is 0. The number of para-hydroxylation sites is 2. The van der Waals surface area contributed by atoms with Gasteiger partial charge in [0.1, 0.15) is 22.7 Å². The van der Waals surface area contributed by atoms with Crippen molar-refractivity contribution >= 4 is 96.2 Å². The molecule has 65 heavy (non-hydrogen) atoms. The number of fused-ring (bicyclic) bond motifs is 6. The van der Waals surface area contributed by atoms with E-state index in [-0.39, 0.29) is 17.5 Å². The zero-order valence-corrected chi connectivity index (χ0v) is 38.9. The van der Waals surface area contributed by atoms with E-state index in [1.807, 2.05) is 0 Å². The maximum Gasteiger partial charge on any atom is 0.252 e. The molecule has 6 heteroatoms. The maximum atomic E-state index is 6.80. The van der Waals surface area contributed by atoms with E-state index in [1.165, 1.54) is 57.4 Å². The molecular weight excluding hydrogens is 793 g/mol. The van der Waals surface area contributed by atoms with Crippen molar-refractivity contribution in [2.24, 2.45) is 0 Å². The van der Waals surface area contributed by atoms with Gasteiger partial charge in [-0.15, -0.1) is 0 Å². The Bertz CT molecular complexity index is 3200. The molecule has 4 heterocycles. The van der Waals surface area contributed by atoms with Crippen LogP contribution in [0.4, 0.5) is 51.2 Å².